The van der Waals surface area contributed by atoms with Crippen molar-refractivity contribution < 1.29 is 22.7 Å². The van der Waals surface area contributed by atoms with Crippen LogP contribution in [-0.4, -0.2) is 34.2 Å². The Balaban J connectivity index is 2.64. The van der Waals surface area contributed by atoms with Crippen molar-refractivity contribution in [3.8, 4) is 11.5 Å². The molecule has 1 aliphatic heterocycles. The van der Waals surface area contributed by atoms with E-state index in [9.17, 15) is 13.2 Å². The summed E-state index contributed by atoms with van der Waals surface area (Å²) in [5.41, 5.74) is 0.596. The van der Waals surface area contributed by atoms with Crippen LogP contribution in [0.4, 0.5) is 0 Å². The second kappa shape index (κ2) is 5.21. The molecule has 1 unspecified atom stereocenters. The molecule has 0 amide bonds. The summed E-state index contributed by atoms with van der Waals surface area (Å²) in [5.74, 6) is 0.524. The molecule has 1 aromatic carbocycles. The molecule has 6 heteroatoms. The van der Waals surface area contributed by atoms with E-state index in [0.29, 0.717) is 24.5 Å². The smallest absolute Gasteiger partial charge is 0.180 e. The van der Waals surface area contributed by atoms with Gasteiger partial charge in [0.15, 0.2) is 21.3 Å². The van der Waals surface area contributed by atoms with Crippen LogP contribution < -0.4 is 9.47 Å². The first kappa shape index (κ1) is 13.9. The van der Waals surface area contributed by atoms with Crippen molar-refractivity contribution in [2.75, 3.05) is 19.5 Å². The first-order valence-corrected chi connectivity index (χ1v) is 7.90. The molecule has 0 N–H and O–H groups in total. The number of hydrogen-bond donors (Lipinski definition) is 0. The number of benzene rings is 1. The van der Waals surface area contributed by atoms with Gasteiger partial charge in [-0.1, -0.05) is 13.0 Å². The Hall–Kier alpha value is -1.56. The van der Waals surface area contributed by atoms with E-state index in [1.807, 2.05) is 6.92 Å². The molecule has 19 heavy (non-hydrogen) atoms. The van der Waals surface area contributed by atoms with Crippen LogP contribution in [0.15, 0.2) is 17.0 Å². The fraction of sp³-hybridized carbons (Fsp3) is 0.462. The standard InChI is InChI=1S/C13H16O5S/c1-9(5-6-14)10-3-4-11-12(18-8-7-17-11)13(10)19(2,15)16/h3-4,6,9H,5,7-8H2,1-2H3. The highest BCUT2D eigenvalue weighted by Crippen LogP contribution is 2.41. The van der Waals surface area contributed by atoms with Crippen LogP contribution >= 0.6 is 0 Å². The first-order valence-electron chi connectivity index (χ1n) is 6.01. The minimum absolute atomic E-state index is 0.138. The maximum absolute atomic E-state index is 12.0. The van der Waals surface area contributed by atoms with Gasteiger partial charge < -0.3 is 14.3 Å². The molecular formula is C13H16O5S. The summed E-state index contributed by atoms with van der Waals surface area (Å²) in [6.45, 7) is 2.54. The number of sulfone groups is 1. The van der Waals surface area contributed by atoms with Crippen LogP contribution in [0, 0.1) is 0 Å². The molecule has 0 saturated carbocycles. The van der Waals surface area contributed by atoms with Gasteiger partial charge in [0.05, 0.1) is 0 Å². The van der Waals surface area contributed by atoms with E-state index in [-0.39, 0.29) is 23.0 Å². The summed E-state index contributed by atoms with van der Waals surface area (Å²) >= 11 is 0. The molecule has 5 nitrogen and oxygen atoms in total. The van der Waals surface area contributed by atoms with E-state index in [1.165, 1.54) is 0 Å². The van der Waals surface area contributed by atoms with Crippen molar-refractivity contribution in [1.29, 1.82) is 0 Å². The lowest BCUT2D eigenvalue weighted by Gasteiger charge is -2.23. The highest BCUT2D eigenvalue weighted by molar-refractivity contribution is 7.90. The van der Waals surface area contributed by atoms with Gasteiger partial charge in [0, 0.05) is 12.7 Å². The fourth-order valence-electron chi connectivity index (χ4n) is 2.15. The lowest BCUT2D eigenvalue weighted by Crippen LogP contribution is -2.19. The largest absolute Gasteiger partial charge is 0.486 e. The summed E-state index contributed by atoms with van der Waals surface area (Å²) in [6.07, 6.45) is 2.19. The van der Waals surface area contributed by atoms with Gasteiger partial charge in [-0.25, -0.2) is 8.42 Å². The predicted molar refractivity (Wildman–Crippen MR) is 69.6 cm³/mol. The second-order valence-electron chi connectivity index (χ2n) is 4.58. The van der Waals surface area contributed by atoms with Crippen molar-refractivity contribution in [3.05, 3.63) is 17.7 Å². The third-order valence-electron chi connectivity index (χ3n) is 3.05. The minimum atomic E-state index is -3.46. The molecule has 0 radical (unpaired) electrons. The lowest BCUT2D eigenvalue weighted by molar-refractivity contribution is -0.108. The third kappa shape index (κ3) is 2.73. The van der Waals surface area contributed by atoms with E-state index in [1.54, 1.807) is 12.1 Å². The summed E-state index contributed by atoms with van der Waals surface area (Å²) < 4.78 is 34.9. The normalized spacial score (nSPS) is 15.9. The maximum atomic E-state index is 12.0. The van der Waals surface area contributed by atoms with Crippen LogP contribution in [0.1, 0.15) is 24.8 Å². The second-order valence-corrected chi connectivity index (χ2v) is 6.54. The number of ether oxygens (including phenoxy) is 2. The van der Waals surface area contributed by atoms with Crippen LogP contribution in [0.3, 0.4) is 0 Å². The molecule has 1 aliphatic rings. The Morgan fingerprint density at radius 3 is 2.63 bits per heavy atom. The van der Waals surface area contributed by atoms with Gasteiger partial charge in [0.1, 0.15) is 24.4 Å². The molecule has 0 bridgehead atoms. The Labute approximate surface area is 112 Å². The highest BCUT2D eigenvalue weighted by Gasteiger charge is 2.27. The lowest BCUT2D eigenvalue weighted by atomic mass is 9.98. The van der Waals surface area contributed by atoms with Crippen LogP contribution in [-0.2, 0) is 14.6 Å². The summed E-state index contributed by atoms with van der Waals surface area (Å²) in [5, 5.41) is 0. The van der Waals surface area contributed by atoms with E-state index in [2.05, 4.69) is 0 Å². The van der Waals surface area contributed by atoms with E-state index < -0.39 is 9.84 Å². The van der Waals surface area contributed by atoms with Crippen LogP contribution in [0.5, 0.6) is 11.5 Å². The van der Waals surface area contributed by atoms with Crippen molar-refractivity contribution in [3.63, 3.8) is 0 Å². The molecule has 0 spiro atoms. The Kier molecular flexibility index (Phi) is 3.80. The van der Waals surface area contributed by atoms with E-state index in [0.717, 1.165) is 12.5 Å². The first-order chi connectivity index (χ1) is 8.95. The zero-order valence-corrected chi connectivity index (χ0v) is 11.7. The van der Waals surface area contributed by atoms with Crippen molar-refractivity contribution in [2.24, 2.45) is 0 Å². The molecule has 104 valence electrons. The van der Waals surface area contributed by atoms with Crippen LogP contribution in [0.2, 0.25) is 0 Å². The van der Waals surface area contributed by atoms with E-state index >= 15 is 0 Å². The maximum Gasteiger partial charge on any atom is 0.180 e. The van der Waals surface area contributed by atoms with Crippen molar-refractivity contribution in [2.45, 2.75) is 24.2 Å². The summed E-state index contributed by atoms with van der Waals surface area (Å²) in [6, 6.07) is 3.39. The Bertz CT molecular complexity index is 591. The fourth-order valence-corrected chi connectivity index (χ4v) is 3.34. The van der Waals surface area contributed by atoms with Gasteiger partial charge in [0.25, 0.3) is 0 Å². The molecule has 0 aromatic heterocycles. The van der Waals surface area contributed by atoms with E-state index in [4.69, 9.17) is 9.47 Å². The number of hydrogen-bond acceptors (Lipinski definition) is 5. The van der Waals surface area contributed by atoms with Crippen molar-refractivity contribution in [1.82, 2.24) is 0 Å². The number of rotatable bonds is 4. The third-order valence-corrected chi connectivity index (χ3v) is 4.21. The molecule has 0 saturated heterocycles. The summed E-state index contributed by atoms with van der Waals surface area (Å²) in [7, 11) is -3.46. The molecule has 2 rings (SSSR count). The Morgan fingerprint density at radius 1 is 1.32 bits per heavy atom. The monoisotopic (exact) mass is 284 g/mol. The average Bonchev–Trinajstić information content (AvgIpc) is 2.36. The number of aldehydes is 1. The highest BCUT2D eigenvalue weighted by atomic mass is 32.2. The molecular weight excluding hydrogens is 268 g/mol. The van der Waals surface area contributed by atoms with Gasteiger partial charge in [-0.15, -0.1) is 0 Å². The zero-order chi connectivity index (χ0) is 14.0. The molecule has 1 atom stereocenters. The number of carbonyl (C=O) groups is 1. The number of carbonyl (C=O) groups excluding carboxylic acids is 1. The van der Waals surface area contributed by atoms with Gasteiger partial charge >= 0.3 is 0 Å². The summed E-state index contributed by atoms with van der Waals surface area (Å²) in [4.78, 5) is 10.8. The molecule has 0 fully saturated rings. The quantitative estimate of drug-likeness (QED) is 0.785. The predicted octanol–water partition coefficient (Wildman–Crippen LogP) is 1.55. The topological polar surface area (TPSA) is 69.7 Å². The van der Waals surface area contributed by atoms with Crippen LogP contribution in [0.25, 0.3) is 0 Å². The van der Waals surface area contributed by atoms with Gasteiger partial charge in [-0.05, 0) is 17.5 Å². The average molecular weight is 284 g/mol. The number of fused-ring (bicyclic) bond motifs is 1. The Morgan fingerprint density at radius 2 is 2.00 bits per heavy atom. The minimum Gasteiger partial charge on any atom is -0.486 e. The van der Waals surface area contributed by atoms with Gasteiger partial charge in [-0.2, -0.15) is 0 Å². The van der Waals surface area contributed by atoms with Crippen molar-refractivity contribution >= 4 is 16.1 Å². The zero-order valence-electron chi connectivity index (χ0n) is 10.9. The molecule has 1 aromatic rings. The van der Waals surface area contributed by atoms with Gasteiger partial charge in [-0.3, -0.25) is 0 Å². The molecule has 0 aliphatic carbocycles. The molecule has 1 heterocycles. The van der Waals surface area contributed by atoms with Gasteiger partial charge in [0.2, 0.25) is 0 Å². The SMILES string of the molecule is CC(CC=O)c1ccc2c(c1S(C)(=O)=O)OCCO2.